The zero-order valence-electron chi connectivity index (χ0n) is 11.9. The lowest BCUT2D eigenvalue weighted by atomic mass is 10.2. The van der Waals surface area contributed by atoms with Crippen LogP contribution in [0.4, 0.5) is 0 Å². The predicted molar refractivity (Wildman–Crippen MR) is 93.2 cm³/mol. The van der Waals surface area contributed by atoms with Crippen LogP contribution in [0.25, 0.3) is 0 Å². The quantitative estimate of drug-likeness (QED) is 0.498. The van der Waals surface area contributed by atoms with Gasteiger partial charge in [-0.15, -0.1) is 0 Å². The maximum Gasteiger partial charge on any atom is 0.275 e. The molecule has 0 radical (unpaired) electrons. The summed E-state index contributed by atoms with van der Waals surface area (Å²) >= 11 is 6.41. The summed E-state index contributed by atoms with van der Waals surface area (Å²) < 4.78 is 5.94. The second-order valence-corrected chi connectivity index (χ2v) is 6.12. The highest BCUT2D eigenvalue weighted by Gasteiger charge is 2.11. The first kappa shape index (κ1) is 17.3. The van der Waals surface area contributed by atoms with Crippen LogP contribution in [0.15, 0.2) is 44.4 Å². The van der Waals surface area contributed by atoms with Crippen LogP contribution in [0.5, 0.6) is 17.2 Å². The van der Waals surface area contributed by atoms with Crippen molar-refractivity contribution in [3.63, 3.8) is 0 Å². The summed E-state index contributed by atoms with van der Waals surface area (Å²) in [5, 5.41) is 23.2. The number of phenols is 2. The molecule has 0 spiro atoms. The maximum atomic E-state index is 12.0. The molecule has 2 rings (SSSR count). The van der Waals surface area contributed by atoms with Crippen molar-refractivity contribution in [1.29, 1.82) is 0 Å². The molecule has 0 aliphatic rings. The minimum Gasteiger partial charge on any atom is -0.507 e. The molecule has 3 N–H and O–H groups in total. The number of phenolic OH excluding ortho intramolecular Hbond substituents is 2. The number of rotatable bonds is 4. The van der Waals surface area contributed by atoms with Crippen LogP contribution >= 0.6 is 31.9 Å². The van der Waals surface area contributed by atoms with E-state index in [9.17, 15) is 15.0 Å². The lowest BCUT2D eigenvalue weighted by Crippen LogP contribution is -2.17. The summed E-state index contributed by atoms with van der Waals surface area (Å²) in [4.78, 5) is 12.0. The number of carbonyl (C=O) groups is 1. The zero-order valence-corrected chi connectivity index (χ0v) is 15.1. The Bertz CT molecular complexity index is 755. The number of hydrogen-bond acceptors (Lipinski definition) is 5. The zero-order chi connectivity index (χ0) is 17.0. The molecule has 0 fully saturated rings. The summed E-state index contributed by atoms with van der Waals surface area (Å²) in [7, 11) is 1.47. The molecule has 0 saturated heterocycles. The Morgan fingerprint density at radius 1 is 1.22 bits per heavy atom. The van der Waals surface area contributed by atoms with Crippen molar-refractivity contribution in [1.82, 2.24) is 5.43 Å². The monoisotopic (exact) mass is 442 g/mol. The lowest BCUT2D eigenvalue weighted by molar-refractivity contribution is 0.0952. The third-order valence-electron chi connectivity index (χ3n) is 2.87. The largest absolute Gasteiger partial charge is 0.507 e. The summed E-state index contributed by atoms with van der Waals surface area (Å²) in [6, 6.07) is 7.62. The third kappa shape index (κ3) is 4.23. The molecule has 0 atom stereocenters. The van der Waals surface area contributed by atoms with Gasteiger partial charge in [-0.1, -0.05) is 0 Å². The molecule has 1 amide bonds. The van der Waals surface area contributed by atoms with Gasteiger partial charge < -0.3 is 14.9 Å². The highest BCUT2D eigenvalue weighted by atomic mass is 79.9. The van der Waals surface area contributed by atoms with E-state index in [4.69, 9.17) is 4.74 Å². The fourth-order valence-electron chi connectivity index (χ4n) is 1.72. The smallest absolute Gasteiger partial charge is 0.275 e. The number of amides is 1. The van der Waals surface area contributed by atoms with E-state index in [2.05, 4.69) is 42.4 Å². The van der Waals surface area contributed by atoms with Crippen molar-refractivity contribution >= 4 is 44.0 Å². The van der Waals surface area contributed by atoms with Crippen LogP contribution in [-0.4, -0.2) is 29.4 Å². The van der Waals surface area contributed by atoms with Gasteiger partial charge in [0.25, 0.3) is 5.91 Å². The molecule has 0 bridgehead atoms. The number of methoxy groups -OCH3 is 1. The Morgan fingerprint density at radius 2 is 1.87 bits per heavy atom. The standard InChI is InChI=1S/C15H12Br2N2O4/c1-23-9-2-3-10(13(20)6-9)15(22)19-18-7-8-4-11(16)14(21)12(17)5-8/h2-7,20-21H,1H3,(H,19,22)/b18-7-. The van der Waals surface area contributed by atoms with Crippen molar-refractivity contribution in [2.24, 2.45) is 5.10 Å². The van der Waals surface area contributed by atoms with Gasteiger partial charge in [0.05, 0.1) is 27.8 Å². The van der Waals surface area contributed by atoms with Crippen LogP contribution in [0.2, 0.25) is 0 Å². The van der Waals surface area contributed by atoms with Gasteiger partial charge in [-0.25, -0.2) is 5.43 Å². The van der Waals surface area contributed by atoms with Crippen molar-refractivity contribution in [3.05, 3.63) is 50.4 Å². The minimum absolute atomic E-state index is 0.0781. The van der Waals surface area contributed by atoms with Gasteiger partial charge in [-0.3, -0.25) is 4.79 Å². The van der Waals surface area contributed by atoms with Crippen molar-refractivity contribution < 1.29 is 19.7 Å². The first-order valence-electron chi connectivity index (χ1n) is 6.30. The summed E-state index contributed by atoms with van der Waals surface area (Å²) in [6.45, 7) is 0. The molecule has 0 heterocycles. The first-order chi connectivity index (χ1) is 10.9. The second kappa shape index (κ2) is 7.47. The maximum absolute atomic E-state index is 12.0. The Labute approximate surface area is 149 Å². The fraction of sp³-hybridized carbons (Fsp3) is 0.0667. The molecule has 0 unspecified atom stereocenters. The number of hydrazone groups is 1. The van der Waals surface area contributed by atoms with Gasteiger partial charge in [0.1, 0.15) is 17.2 Å². The van der Waals surface area contributed by atoms with E-state index in [1.54, 1.807) is 18.2 Å². The number of aromatic hydroxyl groups is 2. The normalized spacial score (nSPS) is 10.7. The Kier molecular flexibility index (Phi) is 5.62. The van der Waals surface area contributed by atoms with E-state index in [0.29, 0.717) is 20.3 Å². The van der Waals surface area contributed by atoms with Gasteiger partial charge in [0.15, 0.2) is 0 Å². The van der Waals surface area contributed by atoms with Crippen molar-refractivity contribution in [3.8, 4) is 17.2 Å². The van der Waals surface area contributed by atoms with Gasteiger partial charge in [-0.05, 0) is 61.7 Å². The van der Waals surface area contributed by atoms with E-state index >= 15 is 0 Å². The first-order valence-corrected chi connectivity index (χ1v) is 7.89. The third-order valence-corrected chi connectivity index (χ3v) is 4.08. The molecule has 0 aliphatic carbocycles. The molecule has 120 valence electrons. The fourth-order valence-corrected chi connectivity index (χ4v) is 2.94. The average molecular weight is 444 g/mol. The average Bonchev–Trinajstić information content (AvgIpc) is 2.52. The molecule has 8 heteroatoms. The number of hydrogen-bond donors (Lipinski definition) is 3. The van der Waals surface area contributed by atoms with Crippen LogP contribution < -0.4 is 10.2 Å². The molecule has 23 heavy (non-hydrogen) atoms. The van der Waals surface area contributed by atoms with Gasteiger partial charge in [-0.2, -0.15) is 5.10 Å². The minimum atomic E-state index is -0.557. The van der Waals surface area contributed by atoms with Crippen LogP contribution in [-0.2, 0) is 0 Å². The SMILES string of the molecule is COc1ccc(C(=O)N/N=C\c2cc(Br)c(O)c(Br)c2)c(O)c1. The topological polar surface area (TPSA) is 91.2 Å². The van der Waals surface area contributed by atoms with E-state index in [1.165, 1.54) is 25.5 Å². The van der Waals surface area contributed by atoms with Crippen molar-refractivity contribution in [2.45, 2.75) is 0 Å². The number of halogens is 2. The van der Waals surface area contributed by atoms with Crippen LogP contribution in [0.1, 0.15) is 15.9 Å². The number of carbonyl (C=O) groups excluding carboxylic acids is 1. The Hall–Kier alpha value is -2.06. The molecular formula is C15H12Br2N2O4. The summed E-state index contributed by atoms with van der Waals surface area (Å²) in [5.74, 6) is -0.235. The number of ether oxygens (including phenoxy) is 1. The number of nitrogens with zero attached hydrogens (tertiary/aromatic N) is 1. The van der Waals surface area contributed by atoms with Gasteiger partial charge >= 0.3 is 0 Å². The Balaban J connectivity index is 2.10. The van der Waals surface area contributed by atoms with Gasteiger partial charge in [0.2, 0.25) is 0 Å². The van der Waals surface area contributed by atoms with Crippen LogP contribution in [0, 0.1) is 0 Å². The van der Waals surface area contributed by atoms with E-state index in [0.717, 1.165) is 0 Å². The molecular weight excluding hydrogens is 432 g/mol. The predicted octanol–water partition coefficient (Wildman–Crippen LogP) is 3.40. The van der Waals surface area contributed by atoms with Gasteiger partial charge in [0, 0.05) is 6.07 Å². The van der Waals surface area contributed by atoms with Crippen LogP contribution in [0.3, 0.4) is 0 Å². The lowest BCUT2D eigenvalue weighted by Gasteiger charge is -2.05. The molecule has 6 nitrogen and oxygen atoms in total. The molecule has 0 aromatic heterocycles. The highest BCUT2D eigenvalue weighted by Crippen LogP contribution is 2.32. The van der Waals surface area contributed by atoms with E-state index in [-0.39, 0.29) is 17.1 Å². The molecule has 0 saturated carbocycles. The second-order valence-electron chi connectivity index (χ2n) is 4.42. The van der Waals surface area contributed by atoms with Crippen molar-refractivity contribution in [2.75, 3.05) is 7.11 Å². The van der Waals surface area contributed by atoms with E-state index < -0.39 is 5.91 Å². The molecule has 2 aromatic carbocycles. The highest BCUT2D eigenvalue weighted by molar-refractivity contribution is 9.11. The number of benzene rings is 2. The molecule has 2 aromatic rings. The molecule has 0 aliphatic heterocycles. The Morgan fingerprint density at radius 3 is 2.43 bits per heavy atom. The summed E-state index contributed by atoms with van der Waals surface area (Å²) in [5.41, 5.74) is 3.05. The number of nitrogens with one attached hydrogen (secondary N) is 1. The summed E-state index contributed by atoms with van der Waals surface area (Å²) in [6.07, 6.45) is 1.41. The van der Waals surface area contributed by atoms with E-state index in [1.807, 2.05) is 0 Å².